The zero-order valence-corrected chi connectivity index (χ0v) is 11.9. The van der Waals surface area contributed by atoms with Crippen LogP contribution in [-0.2, 0) is 0 Å². The molecular weight excluding hydrogens is 222 g/mol. The molecule has 1 heterocycles. The summed E-state index contributed by atoms with van der Waals surface area (Å²) in [6, 6.07) is 0.564. The number of piperidine rings is 1. The van der Waals surface area contributed by atoms with Gasteiger partial charge in [0.2, 0.25) is 0 Å². The summed E-state index contributed by atoms with van der Waals surface area (Å²) < 4.78 is 0. The Bertz CT molecular complexity index is 344. The first kappa shape index (κ1) is 13.5. The van der Waals surface area contributed by atoms with E-state index in [1.54, 1.807) is 0 Å². The molecule has 1 saturated heterocycles. The van der Waals surface area contributed by atoms with E-state index in [0.29, 0.717) is 12.0 Å². The van der Waals surface area contributed by atoms with Crippen molar-refractivity contribution in [1.29, 1.82) is 0 Å². The van der Waals surface area contributed by atoms with Crippen molar-refractivity contribution in [3.63, 3.8) is 0 Å². The maximum Gasteiger partial charge on any atom is 0.0291 e. The molecule has 0 aromatic carbocycles. The van der Waals surface area contributed by atoms with Crippen LogP contribution in [0.1, 0.15) is 33.6 Å². The summed E-state index contributed by atoms with van der Waals surface area (Å²) in [5.74, 6) is 1.44. The Morgan fingerprint density at radius 3 is 2.94 bits per heavy atom. The van der Waals surface area contributed by atoms with E-state index in [0.717, 1.165) is 31.1 Å². The molecule has 1 aliphatic carbocycles. The third-order valence-corrected chi connectivity index (χ3v) is 4.08. The number of allylic oxidation sites excluding steroid dienone is 3. The van der Waals surface area contributed by atoms with Crippen molar-refractivity contribution in [2.75, 3.05) is 19.6 Å². The fourth-order valence-corrected chi connectivity index (χ4v) is 3.15. The van der Waals surface area contributed by atoms with Crippen LogP contribution in [0.15, 0.2) is 23.5 Å². The average molecular weight is 249 g/mol. The molecule has 0 saturated carbocycles. The third kappa shape index (κ3) is 2.89. The highest BCUT2D eigenvalue weighted by molar-refractivity contribution is 5.28. The number of nitrogens with zero attached hydrogens (tertiary/aromatic N) is 1. The first-order chi connectivity index (χ1) is 8.61. The molecule has 1 aliphatic heterocycles. The molecule has 2 rings (SSSR count). The Morgan fingerprint density at radius 2 is 2.28 bits per heavy atom. The van der Waals surface area contributed by atoms with Crippen molar-refractivity contribution in [3.8, 4) is 0 Å². The van der Waals surface area contributed by atoms with Crippen molar-refractivity contribution in [1.82, 2.24) is 10.2 Å². The fraction of sp³-hybridized carbons (Fsp3) is 0.733. The topological polar surface area (TPSA) is 41.3 Å². The molecule has 2 unspecified atom stereocenters. The van der Waals surface area contributed by atoms with E-state index in [1.807, 2.05) is 0 Å². The molecule has 2 atom stereocenters. The van der Waals surface area contributed by atoms with E-state index in [2.05, 4.69) is 43.1 Å². The lowest BCUT2D eigenvalue weighted by atomic mass is 9.81. The summed E-state index contributed by atoms with van der Waals surface area (Å²) in [5.41, 5.74) is 8.38. The maximum atomic E-state index is 5.96. The molecule has 0 amide bonds. The maximum absolute atomic E-state index is 5.96. The Hall–Kier alpha value is -0.960. The van der Waals surface area contributed by atoms with E-state index in [1.165, 1.54) is 18.7 Å². The summed E-state index contributed by atoms with van der Waals surface area (Å²) in [5, 5.41) is 3.50. The predicted octanol–water partition coefficient (Wildman–Crippen LogP) is 2.07. The van der Waals surface area contributed by atoms with E-state index in [9.17, 15) is 0 Å². The third-order valence-electron chi connectivity index (χ3n) is 4.08. The Kier molecular flexibility index (Phi) is 4.33. The van der Waals surface area contributed by atoms with Gasteiger partial charge in [-0.3, -0.25) is 0 Å². The van der Waals surface area contributed by atoms with E-state index in [4.69, 9.17) is 5.73 Å². The van der Waals surface area contributed by atoms with Gasteiger partial charge in [-0.25, -0.2) is 0 Å². The number of likely N-dealkylation sites (tertiary alicyclic amines) is 1. The minimum absolute atomic E-state index is 0.564. The lowest BCUT2D eigenvalue weighted by Gasteiger charge is -2.45. The van der Waals surface area contributed by atoms with Gasteiger partial charge in [-0.1, -0.05) is 13.0 Å². The second-order valence-corrected chi connectivity index (χ2v) is 5.86. The Balaban J connectivity index is 2.11. The van der Waals surface area contributed by atoms with Gasteiger partial charge in [0, 0.05) is 29.9 Å². The van der Waals surface area contributed by atoms with Gasteiger partial charge in [-0.15, -0.1) is 0 Å². The zero-order chi connectivity index (χ0) is 13.1. The van der Waals surface area contributed by atoms with Crippen LogP contribution in [-0.4, -0.2) is 30.6 Å². The van der Waals surface area contributed by atoms with Gasteiger partial charge in [0.05, 0.1) is 0 Å². The fourth-order valence-electron chi connectivity index (χ4n) is 3.15. The summed E-state index contributed by atoms with van der Waals surface area (Å²) in [4.78, 5) is 2.55. The van der Waals surface area contributed by atoms with E-state index < -0.39 is 0 Å². The minimum Gasteiger partial charge on any atom is -0.399 e. The second-order valence-electron chi connectivity index (χ2n) is 5.86. The number of nitrogens with two attached hydrogens (primary N) is 1. The second kappa shape index (κ2) is 5.79. The summed E-state index contributed by atoms with van der Waals surface area (Å²) in [7, 11) is 0. The molecule has 3 nitrogen and oxygen atoms in total. The normalized spacial score (nSPS) is 27.9. The molecule has 0 bridgehead atoms. The SMILES string of the molecule is CCNCC1CC2CC=C(N)C=C2N(C(C)C)C1. The highest BCUT2D eigenvalue weighted by Crippen LogP contribution is 2.36. The van der Waals surface area contributed by atoms with Crippen molar-refractivity contribution < 1.29 is 0 Å². The standard InChI is InChI=1S/C15H27N3/c1-4-17-9-12-7-13-5-6-14(16)8-15(13)18(10-12)11(2)3/h6,8,11-13,17H,4-5,7,9-10,16H2,1-3H3. The Labute approximate surface area is 111 Å². The number of hydrogen-bond acceptors (Lipinski definition) is 3. The molecule has 3 heteroatoms. The smallest absolute Gasteiger partial charge is 0.0291 e. The highest BCUT2D eigenvalue weighted by atomic mass is 15.2. The van der Waals surface area contributed by atoms with Crippen molar-refractivity contribution in [3.05, 3.63) is 23.5 Å². The van der Waals surface area contributed by atoms with Crippen LogP contribution in [0.25, 0.3) is 0 Å². The van der Waals surface area contributed by atoms with Gasteiger partial charge in [0.25, 0.3) is 0 Å². The predicted molar refractivity (Wildman–Crippen MR) is 77.0 cm³/mol. The molecule has 0 spiro atoms. The van der Waals surface area contributed by atoms with Gasteiger partial charge in [0.15, 0.2) is 0 Å². The van der Waals surface area contributed by atoms with Gasteiger partial charge >= 0.3 is 0 Å². The summed E-state index contributed by atoms with van der Waals surface area (Å²) in [6.07, 6.45) is 6.79. The minimum atomic E-state index is 0.564. The van der Waals surface area contributed by atoms with Gasteiger partial charge in [-0.2, -0.15) is 0 Å². The molecule has 1 fully saturated rings. The van der Waals surface area contributed by atoms with Crippen LogP contribution >= 0.6 is 0 Å². The van der Waals surface area contributed by atoms with E-state index >= 15 is 0 Å². The van der Waals surface area contributed by atoms with Crippen LogP contribution in [0.3, 0.4) is 0 Å². The monoisotopic (exact) mass is 249 g/mol. The lowest BCUT2D eigenvalue weighted by molar-refractivity contribution is 0.148. The van der Waals surface area contributed by atoms with Crippen LogP contribution in [0.5, 0.6) is 0 Å². The van der Waals surface area contributed by atoms with Crippen LogP contribution in [0, 0.1) is 11.8 Å². The van der Waals surface area contributed by atoms with Crippen molar-refractivity contribution in [2.24, 2.45) is 17.6 Å². The summed E-state index contributed by atoms with van der Waals surface area (Å²) >= 11 is 0. The molecule has 2 aliphatic rings. The van der Waals surface area contributed by atoms with Crippen molar-refractivity contribution in [2.45, 2.75) is 39.7 Å². The molecule has 0 aromatic rings. The zero-order valence-electron chi connectivity index (χ0n) is 11.9. The Morgan fingerprint density at radius 1 is 1.50 bits per heavy atom. The molecular formula is C15H27N3. The summed E-state index contributed by atoms with van der Waals surface area (Å²) in [6.45, 7) is 10.1. The molecule has 0 aromatic heterocycles. The van der Waals surface area contributed by atoms with Gasteiger partial charge in [0.1, 0.15) is 0 Å². The van der Waals surface area contributed by atoms with Crippen LogP contribution < -0.4 is 11.1 Å². The quantitative estimate of drug-likeness (QED) is 0.801. The highest BCUT2D eigenvalue weighted by Gasteiger charge is 2.32. The molecule has 0 radical (unpaired) electrons. The number of hydrogen-bond donors (Lipinski definition) is 2. The van der Waals surface area contributed by atoms with Crippen molar-refractivity contribution >= 4 is 0 Å². The largest absolute Gasteiger partial charge is 0.399 e. The molecule has 3 N–H and O–H groups in total. The van der Waals surface area contributed by atoms with Crippen LogP contribution in [0.2, 0.25) is 0 Å². The van der Waals surface area contributed by atoms with Gasteiger partial charge in [-0.05, 0) is 51.8 Å². The molecule has 102 valence electrons. The van der Waals surface area contributed by atoms with Crippen LogP contribution in [0.4, 0.5) is 0 Å². The number of rotatable bonds is 4. The lowest BCUT2D eigenvalue weighted by Crippen LogP contribution is -2.45. The average Bonchev–Trinajstić information content (AvgIpc) is 2.35. The van der Waals surface area contributed by atoms with Gasteiger partial charge < -0.3 is 16.0 Å². The molecule has 18 heavy (non-hydrogen) atoms. The first-order valence-corrected chi connectivity index (χ1v) is 7.26. The number of nitrogens with one attached hydrogen (secondary N) is 1. The first-order valence-electron chi connectivity index (χ1n) is 7.26. The van der Waals surface area contributed by atoms with E-state index in [-0.39, 0.29) is 0 Å². The number of fused-ring (bicyclic) bond motifs is 1.